The van der Waals surface area contributed by atoms with Gasteiger partial charge in [-0.2, -0.15) is 0 Å². The molecule has 0 aliphatic carbocycles. The Morgan fingerprint density at radius 3 is 2.62 bits per heavy atom. The van der Waals surface area contributed by atoms with Gasteiger partial charge >= 0.3 is 0 Å². The SMILES string of the molecule is CC(=O)c1ccc(OCC(=O)NCCn2cncc(C)c2=O)cc1. The molecule has 0 unspecified atom stereocenters. The largest absolute Gasteiger partial charge is 0.484 e. The van der Waals surface area contributed by atoms with Crippen LogP contribution >= 0.6 is 0 Å². The number of rotatable bonds is 7. The highest BCUT2D eigenvalue weighted by molar-refractivity contribution is 5.94. The summed E-state index contributed by atoms with van der Waals surface area (Å²) in [6, 6.07) is 6.57. The Kier molecular flexibility index (Phi) is 5.83. The zero-order chi connectivity index (χ0) is 17.5. The molecule has 24 heavy (non-hydrogen) atoms. The van der Waals surface area contributed by atoms with Gasteiger partial charge in [0.05, 0.1) is 6.33 Å². The second-order valence-corrected chi connectivity index (χ2v) is 5.29. The third-order valence-corrected chi connectivity index (χ3v) is 3.38. The van der Waals surface area contributed by atoms with Crippen LogP contribution in [0.2, 0.25) is 0 Å². The van der Waals surface area contributed by atoms with Crippen LogP contribution in [0.4, 0.5) is 0 Å². The van der Waals surface area contributed by atoms with Crippen LogP contribution in [0.15, 0.2) is 41.6 Å². The Bertz CT molecular complexity index is 781. The van der Waals surface area contributed by atoms with Gasteiger partial charge in [-0.05, 0) is 38.1 Å². The molecule has 7 heteroatoms. The fourth-order valence-electron chi connectivity index (χ4n) is 2.02. The minimum absolute atomic E-state index is 0.0276. The van der Waals surface area contributed by atoms with Gasteiger partial charge in [0, 0.05) is 30.4 Å². The van der Waals surface area contributed by atoms with Crippen LogP contribution in [0, 0.1) is 6.92 Å². The molecule has 1 N–H and O–H groups in total. The molecule has 0 spiro atoms. The predicted octanol–water partition coefficient (Wildman–Crippen LogP) is 0.950. The van der Waals surface area contributed by atoms with Crippen molar-refractivity contribution in [2.75, 3.05) is 13.2 Å². The smallest absolute Gasteiger partial charge is 0.258 e. The molecule has 1 amide bonds. The van der Waals surface area contributed by atoms with Crippen molar-refractivity contribution in [3.8, 4) is 5.75 Å². The molecule has 0 saturated heterocycles. The van der Waals surface area contributed by atoms with Gasteiger partial charge in [0.2, 0.25) is 0 Å². The predicted molar refractivity (Wildman–Crippen MR) is 88.2 cm³/mol. The van der Waals surface area contributed by atoms with Crippen LogP contribution in [-0.4, -0.2) is 34.4 Å². The van der Waals surface area contributed by atoms with Gasteiger partial charge in [-0.25, -0.2) is 4.98 Å². The summed E-state index contributed by atoms with van der Waals surface area (Å²) in [5, 5.41) is 2.67. The molecule has 0 aliphatic heterocycles. The van der Waals surface area contributed by atoms with Crippen LogP contribution < -0.4 is 15.6 Å². The molecule has 0 atom stereocenters. The van der Waals surface area contributed by atoms with Crippen LogP contribution in [0.5, 0.6) is 5.75 Å². The number of Topliss-reactive ketones (excluding diaryl/α,β-unsaturated/α-hetero) is 1. The van der Waals surface area contributed by atoms with Crippen LogP contribution in [0.3, 0.4) is 0 Å². The maximum atomic E-state index is 11.8. The second-order valence-electron chi connectivity index (χ2n) is 5.29. The summed E-state index contributed by atoms with van der Waals surface area (Å²) < 4.78 is 6.79. The van der Waals surface area contributed by atoms with E-state index in [4.69, 9.17) is 4.74 Å². The van der Waals surface area contributed by atoms with Crippen molar-refractivity contribution in [1.82, 2.24) is 14.9 Å². The van der Waals surface area contributed by atoms with E-state index in [1.807, 2.05) is 0 Å². The Hall–Kier alpha value is -2.96. The molecule has 1 heterocycles. The van der Waals surface area contributed by atoms with E-state index in [-0.39, 0.29) is 23.9 Å². The van der Waals surface area contributed by atoms with E-state index in [1.165, 1.54) is 24.0 Å². The van der Waals surface area contributed by atoms with Crippen molar-refractivity contribution < 1.29 is 14.3 Å². The molecule has 1 aromatic heterocycles. The number of nitrogens with one attached hydrogen (secondary N) is 1. The lowest BCUT2D eigenvalue weighted by molar-refractivity contribution is -0.123. The van der Waals surface area contributed by atoms with Gasteiger partial charge in [-0.15, -0.1) is 0 Å². The summed E-state index contributed by atoms with van der Waals surface area (Å²) in [4.78, 5) is 38.6. The minimum atomic E-state index is -0.292. The molecule has 1 aromatic carbocycles. The number of nitrogens with zero attached hydrogens (tertiary/aromatic N) is 2. The van der Waals surface area contributed by atoms with E-state index >= 15 is 0 Å². The first kappa shape index (κ1) is 17.4. The summed E-state index contributed by atoms with van der Waals surface area (Å²) in [7, 11) is 0. The lowest BCUT2D eigenvalue weighted by atomic mass is 10.1. The number of ketones is 1. The van der Waals surface area contributed by atoms with Crippen molar-refractivity contribution in [3.63, 3.8) is 0 Å². The lowest BCUT2D eigenvalue weighted by Crippen LogP contribution is -2.34. The summed E-state index contributed by atoms with van der Waals surface area (Å²) in [6.07, 6.45) is 2.94. The maximum Gasteiger partial charge on any atom is 0.258 e. The van der Waals surface area contributed by atoms with E-state index in [1.54, 1.807) is 31.2 Å². The third kappa shape index (κ3) is 4.77. The molecule has 2 rings (SSSR count). The highest BCUT2D eigenvalue weighted by atomic mass is 16.5. The Morgan fingerprint density at radius 1 is 1.25 bits per heavy atom. The van der Waals surface area contributed by atoms with Crippen molar-refractivity contribution in [3.05, 3.63) is 58.3 Å². The monoisotopic (exact) mass is 329 g/mol. The summed E-state index contributed by atoms with van der Waals surface area (Å²) in [6.45, 7) is 3.68. The zero-order valence-corrected chi connectivity index (χ0v) is 13.6. The van der Waals surface area contributed by atoms with Gasteiger partial charge in [0.25, 0.3) is 11.5 Å². The van der Waals surface area contributed by atoms with Crippen molar-refractivity contribution in [1.29, 1.82) is 0 Å². The van der Waals surface area contributed by atoms with Gasteiger partial charge in [-0.1, -0.05) is 0 Å². The topological polar surface area (TPSA) is 90.3 Å². The molecular weight excluding hydrogens is 310 g/mol. The summed E-state index contributed by atoms with van der Waals surface area (Å²) >= 11 is 0. The number of carbonyl (C=O) groups excluding carboxylic acids is 2. The number of ether oxygens (including phenoxy) is 1. The minimum Gasteiger partial charge on any atom is -0.484 e. The summed E-state index contributed by atoms with van der Waals surface area (Å²) in [5.41, 5.74) is 1.02. The standard InChI is InChI=1S/C17H19N3O4/c1-12-9-18-11-20(17(12)23)8-7-19-16(22)10-24-15-5-3-14(4-6-15)13(2)21/h3-6,9,11H,7-8,10H2,1-2H3,(H,19,22). The van der Waals surface area contributed by atoms with E-state index in [0.717, 1.165) is 0 Å². The number of benzene rings is 1. The first-order valence-corrected chi connectivity index (χ1v) is 7.49. The normalized spacial score (nSPS) is 10.2. The van der Waals surface area contributed by atoms with Gasteiger partial charge in [0.1, 0.15) is 5.75 Å². The van der Waals surface area contributed by atoms with E-state index < -0.39 is 0 Å². The molecule has 0 radical (unpaired) electrons. The van der Waals surface area contributed by atoms with E-state index in [0.29, 0.717) is 30.0 Å². The molecular formula is C17H19N3O4. The van der Waals surface area contributed by atoms with Crippen LogP contribution in [0.25, 0.3) is 0 Å². The first-order chi connectivity index (χ1) is 11.5. The van der Waals surface area contributed by atoms with Crippen molar-refractivity contribution in [2.24, 2.45) is 0 Å². The fourth-order valence-corrected chi connectivity index (χ4v) is 2.02. The quantitative estimate of drug-likeness (QED) is 0.764. The van der Waals surface area contributed by atoms with Crippen LogP contribution in [-0.2, 0) is 11.3 Å². The van der Waals surface area contributed by atoms with Gasteiger partial charge in [0.15, 0.2) is 12.4 Å². The molecule has 0 aliphatic rings. The average Bonchev–Trinajstić information content (AvgIpc) is 2.57. The van der Waals surface area contributed by atoms with Crippen molar-refractivity contribution >= 4 is 11.7 Å². The number of amides is 1. The van der Waals surface area contributed by atoms with Crippen molar-refractivity contribution in [2.45, 2.75) is 20.4 Å². The zero-order valence-electron chi connectivity index (χ0n) is 13.6. The number of carbonyl (C=O) groups is 2. The summed E-state index contributed by atoms with van der Waals surface area (Å²) in [5.74, 6) is 0.189. The van der Waals surface area contributed by atoms with E-state index in [2.05, 4.69) is 10.3 Å². The maximum absolute atomic E-state index is 11.8. The molecule has 2 aromatic rings. The Morgan fingerprint density at radius 2 is 1.96 bits per heavy atom. The average molecular weight is 329 g/mol. The lowest BCUT2D eigenvalue weighted by Gasteiger charge is -2.09. The Balaban J connectivity index is 1.76. The van der Waals surface area contributed by atoms with Gasteiger partial charge in [-0.3, -0.25) is 19.0 Å². The molecule has 0 fully saturated rings. The Labute approximate surface area is 139 Å². The number of hydrogen-bond acceptors (Lipinski definition) is 5. The van der Waals surface area contributed by atoms with E-state index in [9.17, 15) is 14.4 Å². The molecule has 0 bridgehead atoms. The molecule has 7 nitrogen and oxygen atoms in total. The molecule has 126 valence electrons. The second kappa shape index (κ2) is 8.05. The third-order valence-electron chi connectivity index (χ3n) is 3.38. The number of aromatic nitrogens is 2. The molecule has 0 saturated carbocycles. The fraction of sp³-hybridized carbons (Fsp3) is 0.294. The van der Waals surface area contributed by atoms with Crippen LogP contribution in [0.1, 0.15) is 22.8 Å². The number of hydrogen-bond donors (Lipinski definition) is 1. The first-order valence-electron chi connectivity index (χ1n) is 7.49. The highest BCUT2D eigenvalue weighted by Crippen LogP contribution is 2.12. The van der Waals surface area contributed by atoms with Gasteiger partial charge < -0.3 is 10.1 Å². The highest BCUT2D eigenvalue weighted by Gasteiger charge is 2.05. The number of aryl methyl sites for hydroxylation is 1.